The molecule has 5 nitrogen and oxygen atoms in total. The lowest BCUT2D eigenvalue weighted by molar-refractivity contribution is 0.0628. The van der Waals surface area contributed by atoms with Gasteiger partial charge in [0.15, 0.2) is 5.76 Å². The van der Waals surface area contributed by atoms with Crippen LogP contribution in [0.3, 0.4) is 0 Å². The van der Waals surface area contributed by atoms with E-state index in [0.29, 0.717) is 18.1 Å². The van der Waals surface area contributed by atoms with Crippen molar-refractivity contribution in [1.29, 1.82) is 0 Å². The average Bonchev–Trinajstić information content (AvgIpc) is 3.15. The number of carbonyl (C=O) groups is 1. The topological polar surface area (TPSA) is 45.9 Å². The maximum atomic E-state index is 12.5. The summed E-state index contributed by atoms with van der Waals surface area (Å²) < 4.78 is 11.5. The number of rotatable bonds is 4. The Morgan fingerprint density at radius 1 is 1.00 bits per heavy atom. The van der Waals surface area contributed by atoms with Crippen molar-refractivity contribution in [1.82, 2.24) is 9.80 Å². The van der Waals surface area contributed by atoms with Crippen LogP contribution in [0.2, 0.25) is 0 Å². The van der Waals surface area contributed by atoms with Crippen molar-refractivity contribution in [2.24, 2.45) is 0 Å². The van der Waals surface area contributed by atoms with Crippen molar-refractivity contribution in [2.75, 3.05) is 33.2 Å². The molecule has 0 saturated carbocycles. The molecule has 4 rings (SSSR count). The molecule has 1 aliphatic heterocycles. The number of hydrogen-bond donors (Lipinski definition) is 0. The summed E-state index contributed by atoms with van der Waals surface area (Å²) in [6.07, 6.45) is 0. The van der Waals surface area contributed by atoms with Crippen molar-refractivity contribution in [3.8, 4) is 5.75 Å². The van der Waals surface area contributed by atoms with E-state index in [-0.39, 0.29) is 5.91 Å². The maximum absolute atomic E-state index is 12.5. The Labute approximate surface area is 152 Å². The molecule has 0 radical (unpaired) electrons. The Morgan fingerprint density at radius 2 is 1.77 bits per heavy atom. The van der Waals surface area contributed by atoms with Crippen molar-refractivity contribution < 1.29 is 13.9 Å². The summed E-state index contributed by atoms with van der Waals surface area (Å²) in [5.74, 6) is 1.77. The summed E-state index contributed by atoms with van der Waals surface area (Å²) in [6.45, 7) is 3.56. The van der Waals surface area contributed by atoms with Crippen LogP contribution >= 0.6 is 0 Å². The van der Waals surface area contributed by atoms with Crippen LogP contribution in [0.25, 0.3) is 10.8 Å². The normalized spacial score (nSPS) is 15.3. The number of carbonyl (C=O) groups excluding carboxylic acids is 1. The zero-order valence-electron chi connectivity index (χ0n) is 14.9. The van der Waals surface area contributed by atoms with E-state index < -0.39 is 0 Å². The number of piperazine rings is 1. The zero-order valence-corrected chi connectivity index (χ0v) is 14.9. The fourth-order valence-corrected chi connectivity index (χ4v) is 3.15. The molecule has 0 spiro atoms. The molecule has 0 aliphatic carbocycles. The average molecular weight is 350 g/mol. The molecular weight excluding hydrogens is 328 g/mol. The van der Waals surface area contributed by atoms with Gasteiger partial charge in [-0.05, 0) is 42.1 Å². The highest BCUT2D eigenvalue weighted by atomic mass is 16.5. The van der Waals surface area contributed by atoms with Crippen LogP contribution in [0.15, 0.2) is 59.0 Å². The number of nitrogens with zero attached hydrogens (tertiary/aromatic N) is 2. The molecule has 1 saturated heterocycles. The van der Waals surface area contributed by atoms with E-state index in [2.05, 4.69) is 24.1 Å². The maximum Gasteiger partial charge on any atom is 0.289 e. The number of benzene rings is 2. The lowest BCUT2D eigenvalue weighted by Crippen LogP contribution is -2.47. The summed E-state index contributed by atoms with van der Waals surface area (Å²) >= 11 is 0. The van der Waals surface area contributed by atoms with Gasteiger partial charge < -0.3 is 19.0 Å². The predicted molar refractivity (Wildman–Crippen MR) is 100 cm³/mol. The van der Waals surface area contributed by atoms with Gasteiger partial charge in [0.05, 0.1) is 0 Å². The third kappa shape index (κ3) is 3.58. The first-order valence-electron chi connectivity index (χ1n) is 8.87. The van der Waals surface area contributed by atoms with E-state index in [1.54, 1.807) is 6.07 Å². The van der Waals surface area contributed by atoms with Gasteiger partial charge in [0, 0.05) is 26.2 Å². The number of furan rings is 1. The molecule has 134 valence electrons. The Balaban J connectivity index is 1.39. The van der Waals surface area contributed by atoms with Crippen LogP contribution < -0.4 is 4.74 Å². The smallest absolute Gasteiger partial charge is 0.289 e. The number of likely N-dealkylation sites (N-methyl/N-ethyl adjacent to an activating group) is 1. The van der Waals surface area contributed by atoms with Gasteiger partial charge in [-0.25, -0.2) is 0 Å². The standard InChI is InChI=1S/C21H22N2O3/c1-22-10-12-23(13-11-22)21(24)20-9-8-19(26-20)15-25-18-7-6-16-4-2-3-5-17(16)14-18/h2-9,14H,10-13,15H2,1H3. The highest BCUT2D eigenvalue weighted by molar-refractivity contribution is 5.91. The first-order valence-corrected chi connectivity index (χ1v) is 8.87. The third-order valence-corrected chi connectivity index (χ3v) is 4.76. The minimum absolute atomic E-state index is 0.0462. The van der Waals surface area contributed by atoms with Crippen molar-refractivity contribution in [2.45, 2.75) is 6.61 Å². The minimum atomic E-state index is -0.0462. The lowest BCUT2D eigenvalue weighted by atomic mass is 10.1. The summed E-state index contributed by atoms with van der Waals surface area (Å²) in [4.78, 5) is 16.6. The molecule has 0 bridgehead atoms. The molecule has 5 heteroatoms. The van der Waals surface area contributed by atoms with E-state index in [9.17, 15) is 4.79 Å². The first-order chi connectivity index (χ1) is 12.7. The molecular formula is C21H22N2O3. The van der Waals surface area contributed by atoms with Crippen LogP contribution in [0.4, 0.5) is 0 Å². The first kappa shape index (κ1) is 16.7. The van der Waals surface area contributed by atoms with Gasteiger partial charge >= 0.3 is 0 Å². The highest BCUT2D eigenvalue weighted by Gasteiger charge is 2.22. The van der Waals surface area contributed by atoms with Gasteiger partial charge in [-0.15, -0.1) is 0 Å². The summed E-state index contributed by atoms with van der Waals surface area (Å²) in [5, 5.41) is 2.31. The van der Waals surface area contributed by atoms with Gasteiger partial charge in [0.1, 0.15) is 18.1 Å². The fraction of sp³-hybridized carbons (Fsp3) is 0.286. The molecule has 3 aromatic rings. The molecule has 2 aromatic carbocycles. The second kappa shape index (κ2) is 7.22. The molecule has 1 aromatic heterocycles. The van der Waals surface area contributed by atoms with Crippen LogP contribution in [0.1, 0.15) is 16.3 Å². The van der Waals surface area contributed by atoms with Crippen molar-refractivity contribution in [3.05, 3.63) is 66.1 Å². The molecule has 0 unspecified atom stereocenters. The highest BCUT2D eigenvalue weighted by Crippen LogP contribution is 2.22. The van der Waals surface area contributed by atoms with Crippen LogP contribution in [-0.2, 0) is 6.61 Å². The van der Waals surface area contributed by atoms with Crippen molar-refractivity contribution in [3.63, 3.8) is 0 Å². The van der Waals surface area contributed by atoms with Crippen LogP contribution in [0.5, 0.6) is 5.75 Å². The van der Waals surface area contributed by atoms with Gasteiger partial charge in [0.25, 0.3) is 5.91 Å². The molecule has 1 amide bonds. The summed E-state index contributed by atoms with van der Waals surface area (Å²) in [5.41, 5.74) is 0. The van der Waals surface area contributed by atoms with E-state index in [1.807, 2.05) is 41.3 Å². The Bertz CT molecular complexity index is 910. The van der Waals surface area contributed by atoms with Gasteiger partial charge in [-0.1, -0.05) is 30.3 Å². The minimum Gasteiger partial charge on any atom is -0.486 e. The molecule has 1 aliphatic rings. The number of hydrogen-bond acceptors (Lipinski definition) is 4. The lowest BCUT2D eigenvalue weighted by Gasteiger charge is -2.31. The predicted octanol–water partition coefficient (Wildman–Crippen LogP) is 3.40. The molecule has 1 fully saturated rings. The third-order valence-electron chi connectivity index (χ3n) is 4.76. The molecule has 0 atom stereocenters. The van der Waals surface area contributed by atoms with Gasteiger partial charge in [-0.3, -0.25) is 4.79 Å². The second-order valence-corrected chi connectivity index (χ2v) is 6.66. The Hall–Kier alpha value is -2.79. The van der Waals surface area contributed by atoms with Crippen LogP contribution in [-0.4, -0.2) is 48.9 Å². The number of ether oxygens (including phenoxy) is 1. The van der Waals surface area contributed by atoms with Crippen molar-refractivity contribution >= 4 is 16.7 Å². The number of fused-ring (bicyclic) bond motifs is 1. The molecule has 2 heterocycles. The zero-order chi connectivity index (χ0) is 17.9. The van der Waals surface area contributed by atoms with Gasteiger partial charge in [0.2, 0.25) is 0 Å². The molecule has 26 heavy (non-hydrogen) atoms. The Kier molecular flexibility index (Phi) is 4.63. The van der Waals surface area contributed by atoms with E-state index in [0.717, 1.165) is 37.3 Å². The quantitative estimate of drug-likeness (QED) is 0.723. The SMILES string of the molecule is CN1CCN(C(=O)c2ccc(COc3ccc4ccccc4c3)o2)CC1. The summed E-state index contributed by atoms with van der Waals surface area (Å²) in [7, 11) is 2.07. The van der Waals surface area contributed by atoms with E-state index in [4.69, 9.17) is 9.15 Å². The fourth-order valence-electron chi connectivity index (χ4n) is 3.15. The van der Waals surface area contributed by atoms with E-state index in [1.165, 1.54) is 5.39 Å². The van der Waals surface area contributed by atoms with E-state index >= 15 is 0 Å². The molecule has 0 N–H and O–H groups in total. The second-order valence-electron chi connectivity index (χ2n) is 6.66. The number of amides is 1. The monoisotopic (exact) mass is 350 g/mol. The van der Waals surface area contributed by atoms with Gasteiger partial charge in [-0.2, -0.15) is 0 Å². The van der Waals surface area contributed by atoms with Crippen LogP contribution in [0, 0.1) is 0 Å². The Morgan fingerprint density at radius 3 is 2.58 bits per heavy atom. The largest absolute Gasteiger partial charge is 0.486 e. The summed E-state index contributed by atoms with van der Waals surface area (Å²) in [6, 6.07) is 17.7.